The van der Waals surface area contributed by atoms with Crippen LogP contribution in [0.3, 0.4) is 0 Å². The number of aromatic hydroxyl groups is 1. The Balaban J connectivity index is 1.86. The molecule has 0 aliphatic carbocycles. The van der Waals surface area contributed by atoms with E-state index in [-0.39, 0.29) is 11.5 Å². The summed E-state index contributed by atoms with van der Waals surface area (Å²) in [6.07, 6.45) is -7.39. The lowest BCUT2D eigenvalue weighted by Crippen LogP contribution is -2.60. The van der Waals surface area contributed by atoms with E-state index < -0.39 is 37.3 Å². The van der Waals surface area contributed by atoms with Gasteiger partial charge in [0.2, 0.25) is 6.29 Å². The average Bonchev–Trinajstić information content (AvgIpc) is 2.86. The van der Waals surface area contributed by atoms with Crippen LogP contribution in [0.25, 0.3) is 22.3 Å². The van der Waals surface area contributed by atoms with Gasteiger partial charge >= 0.3 is 0 Å². The molecule has 8 nitrogen and oxygen atoms in total. The van der Waals surface area contributed by atoms with Crippen LogP contribution in [0, 0.1) is 0 Å². The fourth-order valence-electron chi connectivity index (χ4n) is 3.90. The Hall–Kier alpha value is -3.14. The summed E-state index contributed by atoms with van der Waals surface area (Å²) < 4.78 is 17.0. The number of ether oxygens (including phenoxy) is 3. The van der Waals surface area contributed by atoms with Gasteiger partial charge in [0.15, 0.2) is 11.5 Å². The van der Waals surface area contributed by atoms with Gasteiger partial charge in [-0.1, -0.05) is 60.7 Å². The molecule has 3 aromatic carbocycles. The molecule has 0 amide bonds. The highest BCUT2D eigenvalue weighted by atomic mass is 16.7. The predicted molar refractivity (Wildman–Crippen MR) is 120 cm³/mol. The van der Waals surface area contributed by atoms with Crippen LogP contribution in [0.5, 0.6) is 17.2 Å². The van der Waals surface area contributed by atoms with Crippen molar-refractivity contribution in [2.24, 2.45) is 0 Å². The molecule has 4 rings (SSSR count). The Kier molecular flexibility index (Phi) is 6.83. The molecule has 174 valence electrons. The van der Waals surface area contributed by atoms with E-state index in [0.29, 0.717) is 28.0 Å². The SMILES string of the molecule is COc1cc(-c2ccccc2)c(O[C@H]2O[C@@H](CO)[C@H](O)[C@@H](O)[C@@H]2O)c(O)c1-c1ccccc1. The molecule has 0 unspecified atom stereocenters. The van der Waals surface area contributed by atoms with E-state index in [1.54, 1.807) is 18.2 Å². The molecular formula is C25H26O8. The van der Waals surface area contributed by atoms with E-state index in [4.69, 9.17) is 14.2 Å². The van der Waals surface area contributed by atoms with Crippen molar-refractivity contribution in [3.05, 3.63) is 66.7 Å². The molecule has 0 aromatic heterocycles. The van der Waals surface area contributed by atoms with Crippen molar-refractivity contribution < 1.29 is 39.7 Å². The maximum Gasteiger partial charge on any atom is 0.229 e. The zero-order chi connectivity index (χ0) is 23.5. The van der Waals surface area contributed by atoms with E-state index in [1.807, 2.05) is 48.5 Å². The highest BCUT2D eigenvalue weighted by molar-refractivity contribution is 5.87. The van der Waals surface area contributed by atoms with Crippen molar-refractivity contribution in [3.63, 3.8) is 0 Å². The highest BCUT2D eigenvalue weighted by Gasteiger charge is 2.45. The van der Waals surface area contributed by atoms with Gasteiger partial charge in [0.1, 0.15) is 30.2 Å². The van der Waals surface area contributed by atoms with Crippen molar-refractivity contribution >= 4 is 0 Å². The minimum atomic E-state index is -1.63. The molecule has 0 spiro atoms. The second kappa shape index (κ2) is 9.78. The lowest BCUT2D eigenvalue weighted by molar-refractivity contribution is -0.277. The van der Waals surface area contributed by atoms with E-state index in [0.717, 1.165) is 0 Å². The van der Waals surface area contributed by atoms with Crippen LogP contribution in [-0.2, 0) is 4.74 Å². The van der Waals surface area contributed by atoms with E-state index in [2.05, 4.69) is 0 Å². The number of methoxy groups -OCH3 is 1. The summed E-state index contributed by atoms with van der Waals surface area (Å²) in [5, 5.41) is 51.6. The lowest BCUT2D eigenvalue weighted by Gasteiger charge is -2.39. The van der Waals surface area contributed by atoms with Crippen molar-refractivity contribution in [1.82, 2.24) is 0 Å². The topological polar surface area (TPSA) is 129 Å². The monoisotopic (exact) mass is 454 g/mol. The number of rotatable bonds is 6. The summed E-state index contributed by atoms with van der Waals surface area (Å²) >= 11 is 0. The Morgan fingerprint density at radius 1 is 0.848 bits per heavy atom. The van der Waals surface area contributed by atoms with Gasteiger partial charge in [-0.25, -0.2) is 0 Å². The third-order valence-corrected chi connectivity index (χ3v) is 5.67. The Labute approximate surface area is 190 Å². The zero-order valence-corrected chi connectivity index (χ0v) is 17.9. The summed E-state index contributed by atoms with van der Waals surface area (Å²) in [5.74, 6) is 0.139. The van der Waals surface area contributed by atoms with Crippen LogP contribution in [-0.4, -0.2) is 70.0 Å². The maximum absolute atomic E-state index is 11.4. The first-order valence-electron chi connectivity index (χ1n) is 10.5. The van der Waals surface area contributed by atoms with Gasteiger partial charge < -0.3 is 39.7 Å². The van der Waals surface area contributed by atoms with Crippen molar-refractivity contribution in [2.45, 2.75) is 30.7 Å². The number of phenols is 1. The molecule has 0 saturated carbocycles. The summed E-state index contributed by atoms with van der Waals surface area (Å²) in [7, 11) is 1.49. The van der Waals surface area contributed by atoms with Crippen molar-refractivity contribution in [2.75, 3.05) is 13.7 Å². The van der Waals surface area contributed by atoms with Crippen LogP contribution in [0.15, 0.2) is 66.7 Å². The first-order chi connectivity index (χ1) is 16.0. The molecule has 1 aliphatic rings. The molecule has 8 heteroatoms. The zero-order valence-electron chi connectivity index (χ0n) is 17.9. The van der Waals surface area contributed by atoms with E-state index >= 15 is 0 Å². The van der Waals surface area contributed by atoms with Crippen LogP contribution in [0.1, 0.15) is 0 Å². The molecule has 0 radical (unpaired) electrons. The van der Waals surface area contributed by atoms with Gasteiger partial charge in [-0.15, -0.1) is 0 Å². The van der Waals surface area contributed by atoms with Gasteiger partial charge in [0.25, 0.3) is 0 Å². The molecule has 0 bridgehead atoms. The summed E-state index contributed by atoms with van der Waals surface area (Å²) in [4.78, 5) is 0. The molecule has 3 aromatic rings. The summed E-state index contributed by atoms with van der Waals surface area (Å²) in [6, 6.07) is 19.9. The maximum atomic E-state index is 11.4. The molecule has 1 aliphatic heterocycles. The van der Waals surface area contributed by atoms with E-state index in [1.165, 1.54) is 7.11 Å². The number of aliphatic hydroxyl groups excluding tert-OH is 4. The molecule has 5 N–H and O–H groups in total. The largest absolute Gasteiger partial charge is 0.504 e. The summed E-state index contributed by atoms with van der Waals surface area (Å²) in [6.45, 7) is -0.597. The molecule has 1 heterocycles. The fourth-order valence-corrected chi connectivity index (χ4v) is 3.90. The number of hydrogen-bond acceptors (Lipinski definition) is 8. The average molecular weight is 454 g/mol. The van der Waals surface area contributed by atoms with E-state index in [9.17, 15) is 25.5 Å². The number of hydrogen-bond donors (Lipinski definition) is 5. The molecule has 33 heavy (non-hydrogen) atoms. The van der Waals surface area contributed by atoms with Gasteiger partial charge in [-0.05, 0) is 17.2 Å². The fraction of sp³-hybridized carbons (Fsp3) is 0.280. The minimum Gasteiger partial charge on any atom is -0.504 e. The predicted octanol–water partition coefficient (Wildman–Crippen LogP) is 1.91. The van der Waals surface area contributed by atoms with Crippen molar-refractivity contribution in [3.8, 4) is 39.5 Å². The van der Waals surface area contributed by atoms with Crippen LogP contribution < -0.4 is 9.47 Å². The highest BCUT2D eigenvalue weighted by Crippen LogP contribution is 2.50. The lowest BCUT2D eigenvalue weighted by atomic mass is 9.96. The normalized spacial score (nSPS) is 24.9. The standard InChI is InChI=1S/C25H26O8/c1-31-17-12-16(14-8-4-2-5-9-14)24(21(28)19(17)15-10-6-3-7-11-15)33-25-23(30)22(29)20(27)18(13-26)32-25/h2-12,18,20,22-23,25-30H,13H2,1H3/t18-,20-,22+,23-,25+/m0/s1. The van der Waals surface area contributed by atoms with Crippen LogP contribution >= 0.6 is 0 Å². The van der Waals surface area contributed by atoms with Gasteiger partial charge in [-0.3, -0.25) is 0 Å². The molecule has 1 saturated heterocycles. The van der Waals surface area contributed by atoms with Gasteiger partial charge in [0, 0.05) is 5.56 Å². The minimum absolute atomic E-state index is 0.00909. The number of phenolic OH excluding ortho intramolecular Hbond substituents is 1. The quantitative estimate of drug-likeness (QED) is 0.382. The second-order valence-electron chi connectivity index (χ2n) is 7.73. The van der Waals surface area contributed by atoms with Crippen molar-refractivity contribution in [1.29, 1.82) is 0 Å². The molecule has 1 fully saturated rings. The second-order valence-corrected chi connectivity index (χ2v) is 7.73. The Bertz CT molecular complexity index is 1070. The Morgan fingerprint density at radius 2 is 1.45 bits per heavy atom. The van der Waals surface area contributed by atoms with Gasteiger partial charge in [-0.2, -0.15) is 0 Å². The first-order valence-corrected chi connectivity index (χ1v) is 10.5. The first kappa shape index (κ1) is 23.0. The van der Waals surface area contributed by atoms with Crippen LogP contribution in [0.2, 0.25) is 0 Å². The van der Waals surface area contributed by atoms with Crippen LogP contribution in [0.4, 0.5) is 0 Å². The molecule has 5 atom stereocenters. The Morgan fingerprint density at radius 3 is 2.03 bits per heavy atom. The molecular weight excluding hydrogens is 428 g/mol. The summed E-state index contributed by atoms with van der Waals surface area (Å²) in [5.41, 5.74) is 2.20. The smallest absolute Gasteiger partial charge is 0.229 e. The van der Waals surface area contributed by atoms with Gasteiger partial charge in [0.05, 0.1) is 19.3 Å². The number of benzene rings is 3. The third-order valence-electron chi connectivity index (χ3n) is 5.67. The third kappa shape index (κ3) is 4.39. The number of aliphatic hydroxyl groups is 4.